The Kier molecular flexibility index (Phi) is 6.52. The molecule has 0 aliphatic heterocycles. The molecule has 1 aromatic rings. The van der Waals surface area contributed by atoms with Crippen molar-refractivity contribution in [1.29, 1.82) is 0 Å². The number of anilines is 1. The van der Waals surface area contributed by atoms with E-state index in [2.05, 4.69) is 10.1 Å². The highest BCUT2D eigenvalue weighted by molar-refractivity contribution is 7.12. The minimum absolute atomic E-state index is 0.164. The van der Waals surface area contributed by atoms with Crippen LogP contribution < -0.4 is 5.32 Å². The van der Waals surface area contributed by atoms with E-state index in [9.17, 15) is 9.59 Å². The van der Waals surface area contributed by atoms with Crippen LogP contribution in [0.2, 0.25) is 0 Å². The second-order valence-electron chi connectivity index (χ2n) is 4.02. The highest BCUT2D eigenvalue weighted by Gasteiger charge is 2.18. The summed E-state index contributed by atoms with van der Waals surface area (Å²) in [7, 11) is 1.32. The molecule has 0 aromatic carbocycles. The minimum Gasteiger partial charge on any atom is -0.465 e. The molecule has 0 spiro atoms. The molecular formula is C13H19NO4S. The number of carbonyl (C=O) groups excluding carboxylic acids is 2. The molecular weight excluding hydrogens is 266 g/mol. The lowest BCUT2D eigenvalue weighted by Crippen LogP contribution is -2.16. The van der Waals surface area contributed by atoms with Crippen LogP contribution in [0, 0.1) is 6.92 Å². The van der Waals surface area contributed by atoms with Crippen LogP contribution in [-0.2, 0) is 14.3 Å². The van der Waals surface area contributed by atoms with Gasteiger partial charge >= 0.3 is 5.97 Å². The number of amides is 1. The monoisotopic (exact) mass is 285 g/mol. The van der Waals surface area contributed by atoms with Crippen molar-refractivity contribution in [1.82, 2.24) is 0 Å². The molecule has 6 heteroatoms. The summed E-state index contributed by atoms with van der Waals surface area (Å²) in [6, 6.07) is 0. The summed E-state index contributed by atoms with van der Waals surface area (Å²) in [5, 5.41) is 4.56. The maximum atomic E-state index is 11.8. The number of thiophene rings is 1. The Labute approximate surface area is 116 Å². The molecule has 106 valence electrons. The molecule has 1 rings (SSSR count). The van der Waals surface area contributed by atoms with Crippen molar-refractivity contribution in [3.8, 4) is 0 Å². The average Bonchev–Trinajstić information content (AvgIpc) is 2.75. The molecule has 0 saturated carbocycles. The topological polar surface area (TPSA) is 64.6 Å². The van der Waals surface area contributed by atoms with E-state index in [1.165, 1.54) is 18.4 Å². The lowest BCUT2D eigenvalue weighted by molar-refractivity contribution is -0.117. The van der Waals surface area contributed by atoms with E-state index < -0.39 is 5.97 Å². The molecule has 1 amide bonds. The maximum Gasteiger partial charge on any atom is 0.350 e. The number of methoxy groups -OCH3 is 1. The zero-order chi connectivity index (χ0) is 14.3. The third-order valence-corrected chi connectivity index (χ3v) is 3.51. The number of ether oxygens (including phenoxy) is 2. The van der Waals surface area contributed by atoms with E-state index in [0.717, 1.165) is 12.0 Å². The van der Waals surface area contributed by atoms with Gasteiger partial charge < -0.3 is 14.8 Å². The van der Waals surface area contributed by atoms with Gasteiger partial charge in [-0.05, 0) is 24.3 Å². The summed E-state index contributed by atoms with van der Waals surface area (Å²) in [5.74, 6) is -0.599. The van der Waals surface area contributed by atoms with Crippen molar-refractivity contribution in [2.75, 3.05) is 25.6 Å². The lowest BCUT2D eigenvalue weighted by Gasteiger charge is -2.07. The van der Waals surface area contributed by atoms with E-state index in [4.69, 9.17) is 4.74 Å². The highest BCUT2D eigenvalue weighted by Crippen LogP contribution is 2.28. The van der Waals surface area contributed by atoms with E-state index in [0.29, 0.717) is 23.8 Å². The third-order valence-electron chi connectivity index (χ3n) is 2.43. The van der Waals surface area contributed by atoms with Crippen LogP contribution in [-0.4, -0.2) is 32.2 Å². The maximum absolute atomic E-state index is 11.8. The summed E-state index contributed by atoms with van der Waals surface area (Å²) in [6.07, 6.45) is 1.20. The van der Waals surface area contributed by atoms with Crippen LogP contribution in [0.1, 0.15) is 35.0 Å². The van der Waals surface area contributed by atoms with E-state index in [1.54, 1.807) is 0 Å². The van der Waals surface area contributed by atoms with Crippen LogP contribution in [0.4, 0.5) is 5.69 Å². The van der Waals surface area contributed by atoms with Gasteiger partial charge in [0, 0.05) is 6.61 Å². The number of hydrogen-bond donors (Lipinski definition) is 1. The lowest BCUT2D eigenvalue weighted by atomic mass is 10.2. The van der Waals surface area contributed by atoms with Crippen molar-refractivity contribution < 1.29 is 19.1 Å². The molecule has 0 unspecified atom stereocenters. The van der Waals surface area contributed by atoms with Crippen LogP contribution in [0.15, 0.2) is 5.38 Å². The number of hydrogen-bond acceptors (Lipinski definition) is 5. The summed E-state index contributed by atoms with van der Waals surface area (Å²) in [6.45, 7) is 4.89. The minimum atomic E-state index is -0.435. The molecule has 1 N–H and O–H groups in total. The third kappa shape index (κ3) is 4.65. The van der Waals surface area contributed by atoms with Crippen molar-refractivity contribution >= 4 is 28.9 Å². The molecule has 5 nitrogen and oxygen atoms in total. The fraction of sp³-hybridized carbons (Fsp3) is 0.538. The zero-order valence-electron chi connectivity index (χ0n) is 11.4. The number of aryl methyl sites for hydroxylation is 1. The molecule has 0 atom stereocenters. The molecule has 0 fully saturated rings. The molecule has 1 heterocycles. The van der Waals surface area contributed by atoms with Gasteiger partial charge in [0.2, 0.25) is 5.91 Å². The predicted octanol–water partition coefficient (Wildman–Crippen LogP) is 2.60. The van der Waals surface area contributed by atoms with Crippen LogP contribution >= 0.6 is 11.3 Å². The quantitative estimate of drug-likeness (QED) is 0.618. The average molecular weight is 285 g/mol. The molecule has 0 saturated heterocycles. The fourth-order valence-electron chi connectivity index (χ4n) is 1.46. The Balaban J connectivity index is 2.58. The summed E-state index contributed by atoms with van der Waals surface area (Å²) >= 11 is 1.26. The van der Waals surface area contributed by atoms with Crippen LogP contribution in [0.25, 0.3) is 0 Å². The first kappa shape index (κ1) is 15.7. The number of esters is 1. The highest BCUT2D eigenvalue weighted by atomic mass is 32.1. The van der Waals surface area contributed by atoms with Gasteiger partial charge in [0.05, 0.1) is 25.8 Å². The van der Waals surface area contributed by atoms with E-state index in [-0.39, 0.29) is 12.3 Å². The van der Waals surface area contributed by atoms with Gasteiger partial charge in [-0.15, -0.1) is 11.3 Å². The summed E-state index contributed by atoms with van der Waals surface area (Å²) in [4.78, 5) is 23.7. The summed E-state index contributed by atoms with van der Waals surface area (Å²) < 4.78 is 9.93. The second kappa shape index (κ2) is 7.91. The van der Waals surface area contributed by atoms with Gasteiger partial charge in [0.1, 0.15) is 4.88 Å². The summed E-state index contributed by atoms with van der Waals surface area (Å²) in [5.41, 5.74) is 1.39. The predicted molar refractivity (Wildman–Crippen MR) is 74.8 cm³/mol. The smallest absolute Gasteiger partial charge is 0.350 e. The Morgan fingerprint density at radius 3 is 2.74 bits per heavy atom. The Morgan fingerprint density at radius 1 is 1.37 bits per heavy atom. The van der Waals surface area contributed by atoms with Crippen molar-refractivity contribution in [3.63, 3.8) is 0 Å². The number of rotatable bonds is 7. The van der Waals surface area contributed by atoms with E-state index in [1.807, 2.05) is 19.2 Å². The Hall–Kier alpha value is -1.40. The van der Waals surface area contributed by atoms with Crippen molar-refractivity contribution in [3.05, 3.63) is 15.8 Å². The zero-order valence-corrected chi connectivity index (χ0v) is 12.3. The van der Waals surface area contributed by atoms with E-state index >= 15 is 0 Å². The van der Waals surface area contributed by atoms with Gasteiger partial charge in [-0.1, -0.05) is 6.92 Å². The van der Waals surface area contributed by atoms with Gasteiger partial charge in [0.25, 0.3) is 0 Å². The molecule has 0 aliphatic rings. The standard InChI is InChI=1S/C13H19NO4S/c1-4-6-18-7-5-10(15)14-11-9(2)8-19-12(11)13(16)17-3/h8H,4-7H2,1-3H3,(H,14,15). The first-order valence-corrected chi connectivity index (χ1v) is 7.02. The molecule has 0 aliphatic carbocycles. The van der Waals surface area contributed by atoms with Gasteiger partial charge in [-0.25, -0.2) is 4.79 Å². The molecule has 19 heavy (non-hydrogen) atoms. The van der Waals surface area contributed by atoms with Gasteiger partial charge in [-0.3, -0.25) is 4.79 Å². The molecule has 1 aromatic heterocycles. The molecule has 0 radical (unpaired) electrons. The number of carbonyl (C=O) groups is 2. The van der Waals surface area contributed by atoms with Crippen LogP contribution in [0.5, 0.6) is 0 Å². The first-order valence-electron chi connectivity index (χ1n) is 6.14. The second-order valence-corrected chi connectivity index (χ2v) is 4.90. The van der Waals surface area contributed by atoms with Crippen LogP contribution in [0.3, 0.4) is 0 Å². The largest absolute Gasteiger partial charge is 0.465 e. The molecule has 0 bridgehead atoms. The van der Waals surface area contributed by atoms with Crippen molar-refractivity contribution in [2.24, 2.45) is 0 Å². The number of nitrogens with one attached hydrogen (secondary N) is 1. The van der Waals surface area contributed by atoms with Crippen molar-refractivity contribution in [2.45, 2.75) is 26.7 Å². The Morgan fingerprint density at radius 2 is 2.11 bits per heavy atom. The fourth-order valence-corrected chi connectivity index (χ4v) is 2.38. The van der Waals surface area contributed by atoms with Gasteiger partial charge in [-0.2, -0.15) is 0 Å². The first-order chi connectivity index (χ1) is 9.10. The van der Waals surface area contributed by atoms with Gasteiger partial charge in [0.15, 0.2) is 0 Å². The SMILES string of the molecule is CCCOCCC(=O)Nc1c(C)csc1C(=O)OC. The normalized spacial score (nSPS) is 10.3. The Bertz CT molecular complexity index is 442.